The van der Waals surface area contributed by atoms with E-state index in [2.05, 4.69) is 15.6 Å². The summed E-state index contributed by atoms with van der Waals surface area (Å²) < 4.78 is 15.8. The topological polar surface area (TPSA) is 68.5 Å². The van der Waals surface area contributed by atoms with Gasteiger partial charge in [0.2, 0.25) is 5.60 Å². The number of amides is 1. The van der Waals surface area contributed by atoms with Crippen molar-refractivity contribution in [2.45, 2.75) is 46.3 Å². The van der Waals surface area contributed by atoms with E-state index >= 15 is 0 Å². The fraction of sp³-hybridized carbons (Fsp3) is 0.389. The van der Waals surface area contributed by atoms with Gasteiger partial charge < -0.3 is 10.2 Å². The summed E-state index contributed by atoms with van der Waals surface area (Å²) in [5, 5.41) is 11.2. The van der Waals surface area contributed by atoms with Crippen molar-refractivity contribution < 1.29 is 14.0 Å². The Balaban J connectivity index is 1.78. The van der Waals surface area contributed by atoms with E-state index in [-0.39, 0.29) is 18.1 Å². The zero-order valence-corrected chi connectivity index (χ0v) is 14.8. The first-order chi connectivity index (χ1) is 11.9. The molecule has 3 rings (SSSR count). The Morgan fingerprint density at radius 3 is 2.76 bits per heavy atom. The third kappa shape index (κ3) is 3.01. The lowest BCUT2D eigenvalue weighted by Crippen LogP contribution is -2.40. The molecule has 132 valence electrons. The Hall–Kier alpha value is -2.70. The summed E-state index contributed by atoms with van der Waals surface area (Å²) in [7, 11) is 0. The number of benzene rings is 1. The highest BCUT2D eigenvalue weighted by atomic mass is 19.1. The van der Waals surface area contributed by atoms with E-state index in [1.165, 1.54) is 6.07 Å². The highest BCUT2D eigenvalue weighted by molar-refractivity contribution is 6.08. The lowest BCUT2D eigenvalue weighted by molar-refractivity contribution is -0.135. The molecule has 0 bridgehead atoms. The lowest BCUT2D eigenvalue weighted by Gasteiger charge is -2.20. The Morgan fingerprint density at radius 1 is 1.40 bits per heavy atom. The number of aromatic nitrogens is 2. The standard InChI is InChI=1S/C18H21FN4O2/c1-5-23-12(3)16(11(2)21-23)20-17(24)18(4)10-15(22-25-18)13-8-6-7-9-14(13)19/h6-9H,5,10H2,1-4H3,(H,20,24)/t18-/m0/s1. The second-order valence-electron chi connectivity index (χ2n) is 6.33. The van der Waals surface area contributed by atoms with Gasteiger partial charge in [0.15, 0.2) is 0 Å². The third-order valence-electron chi connectivity index (χ3n) is 4.45. The number of oxime groups is 1. The molecule has 6 nitrogen and oxygen atoms in total. The molecule has 2 aromatic rings. The van der Waals surface area contributed by atoms with Crippen LogP contribution in [0, 0.1) is 19.7 Å². The molecule has 2 heterocycles. The molecule has 0 saturated carbocycles. The van der Waals surface area contributed by atoms with Crippen LogP contribution in [0.5, 0.6) is 0 Å². The van der Waals surface area contributed by atoms with Crippen LogP contribution in [0.15, 0.2) is 29.4 Å². The van der Waals surface area contributed by atoms with Gasteiger partial charge in [-0.3, -0.25) is 9.48 Å². The van der Waals surface area contributed by atoms with Crippen LogP contribution in [-0.2, 0) is 16.2 Å². The van der Waals surface area contributed by atoms with Gasteiger partial charge in [0.25, 0.3) is 5.91 Å². The van der Waals surface area contributed by atoms with E-state index in [4.69, 9.17) is 4.84 Å². The summed E-state index contributed by atoms with van der Waals surface area (Å²) in [5.74, 6) is -0.713. The van der Waals surface area contributed by atoms with Gasteiger partial charge >= 0.3 is 0 Å². The number of nitrogens with zero attached hydrogens (tertiary/aromatic N) is 3. The molecule has 0 aliphatic carbocycles. The second-order valence-corrected chi connectivity index (χ2v) is 6.33. The van der Waals surface area contributed by atoms with E-state index in [9.17, 15) is 9.18 Å². The molecular formula is C18H21FN4O2. The van der Waals surface area contributed by atoms with Crippen molar-refractivity contribution in [1.82, 2.24) is 9.78 Å². The number of hydrogen-bond donors (Lipinski definition) is 1. The summed E-state index contributed by atoms with van der Waals surface area (Å²) in [5.41, 5.74) is 1.88. The fourth-order valence-electron chi connectivity index (χ4n) is 2.93. The maximum atomic E-state index is 13.9. The highest BCUT2D eigenvalue weighted by Crippen LogP contribution is 2.30. The molecule has 0 radical (unpaired) electrons. The number of hydrogen-bond acceptors (Lipinski definition) is 4. The maximum Gasteiger partial charge on any atom is 0.271 e. The van der Waals surface area contributed by atoms with Crippen molar-refractivity contribution in [2.24, 2.45) is 5.16 Å². The van der Waals surface area contributed by atoms with Crippen molar-refractivity contribution in [2.75, 3.05) is 5.32 Å². The summed E-state index contributed by atoms with van der Waals surface area (Å²) in [6.45, 7) is 8.10. The first-order valence-electron chi connectivity index (χ1n) is 8.21. The molecule has 7 heteroatoms. The smallest absolute Gasteiger partial charge is 0.271 e. The molecule has 0 spiro atoms. The van der Waals surface area contributed by atoms with Gasteiger partial charge in [-0.2, -0.15) is 5.10 Å². The predicted octanol–water partition coefficient (Wildman–Crippen LogP) is 3.18. The van der Waals surface area contributed by atoms with E-state index in [1.807, 2.05) is 25.5 Å². The van der Waals surface area contributed by atoms with Crippen LogP contribution in [0.4, 0.5) is 10.1 Å². The molecule has 25 heavy (non-hydrogen) atoms. The minimum atomic E-state index is -1.19. The monoisotopic (exact) mass is 344 g/mol. The van der Waals surface area contributed by atoms with Gasteiger partial charge in [0, 0.05) is 18.5 Å². The number of rotatable bonds is 4. The van der Waals surface area contributed by atoms with Crippen LogP contribution in [0.1, 0.15) is 37.2 Å². The SMILES string of the molecule is CCn1nc(C)c(NC(=O)[C@]2(C)CC(c3ccccc3F)=NO2)c1C. The summed E-state index contributed by atoms with van der Waals surface area (Å²) >= 11 is 0. The Kier molecular flexibility index (Phi) is 4.32. The minimum absolute atomic E-state index is 0.194. The largest absolute Gasteiger partial charge is 0.379 e. The molecule has 1 aromatic heterocycles. The first kappa shape index (κ1) is 17.1. The van der Waals surface area contributed by atoms with Crippen LogP contribution < -0.4 is 5.32 Å². The Morgan fingerprint density at radius 2 is 2.12 bits per heavy atom. The van der Waals surface area contributed by atoms with Crippen LogP contribution >= 0.6 is 0 Å². The average molecular weight is 344 g/mol. The number of carbonyl (C=O) groups excluding carboxylic acids is 1. The predicted molar refractivity (Wildman–Crippen MR) is 93.0 cm³/mol. The number of carbonyl (C=O) groups is 1. The van der Waals surface area contributed by atoms with Crippen LogP contribution in [0.3, 0.4) is 0 Å². The van der Waals surface area contributed by atoms with Gasteiger partial charge in [-0.15, -0.1) is 0 Å². The molecule has 1 amide bonds. The van der Waals surface area contributed by atoms with Gasteiger partial charge in [0.1, 0.15) is 5.82 Å². The molecule has 0 unspecified atom stereocenters. The molecular weight excluding hydrogens is 323 g/mol. The Bertz CT molecular complexity index is 859. The minimum Gasteiger partial charge on any atom is -0.379 e. The molecule has 1 aromatic carbocycles. The van der Waals surface area contributed by atoms with Crippen LogP contribution in [0.25, 0.3) is 0 Å². The fourth-order valence-corrected chi connectivity index (χ4v) is 2.93. The van der Waals surface area contributed by atoms with Gasteiger partial charge in [-0.05, 0) is 33.8 Å². The highest BCUT2D eigenvalue weighted by Gasteiger charge is 2.43. The lowest BCUT2D eigenvalue weighted by atomic mass is 9.94. The van der Waals surface area contributed by atoms with E-state index in [0.717, 1.165) is 17.9 Å². The van der Waals surface area contributed by atoms with Crippen LogP contribution in [-0.4, -0.2) is 27.0 Å². The Labute approximate surface area is 145 Å². The zero-order chi connectivity index (χ0) is 18.2. The normalized spacial score (nSPS) is 19.5. The molecule has 0 fully saturated rings. The summed E-state index contributed by atoms with van der Waals surface area (Å²) in [4.78, 5) is 18.2. The summed E-state index contributed by atoms with van der Waals surface area (Å²) in [6, 6.07) is 6.32. The van der Waals surface area contributed by atoms with Gasteiger partial charge in [-0.1, -0.05) is 23.4 Å². The van der Waals surface area contributed by atoms with Gasteiger partial charge in [-0.25, -0.2) is 4.39 Å². The molecule has 1 aliphatic heterocycles. The van der Waals surface area contributed by atoms with Crippen molar-refractivity contribution in [1.29, 1.82) is 0 Å². The van der Waals surface area contributed by atoms with Crippen molar-refractivity contribution in [3.05, 3.63) is 47.0 Å². The second kappa shape index (κ2) is 6.31. The van der Waals surface area contributed by atoms with Crippen molar-refractivity contribution in [3.8, 4) is 0 Å². The van der Waals surface area contributed by atoms with Crippen molar-refractivity contribution >= 4 is 17.3 Å². The third-order valence-corrected chi connectivity index (χ3v) is 4.45. The zero-order valence-electron chi connectivity index (χ0n) is 14.8. The molecule has 0 saturated heterocycles. The molecule has 1 atom stereocenters. The number of halogens is 1. The van der Waals surface area contributed by atoms with Crippen LogP contribution in [0.2, 0.25) is 0 Å². The quantitative estimate of drug-likeness (QED) is 0.926. The van der Waals surface area contributed by atoms with E-state index < -0.39 is 5.60 Å². The first-order valence-corrected chi connectivity index (χ1v) is 8.21. The molecule has 1 N–H and O–H groups in total. The number of anilines is 1. The average Bonchev–Trinajstić information content (AvgIpc) is 3.11. The van der Waals surface area contributed by atoms with Crippen molar-refractivity contribution in [3.63, 3.8) is 0 Å². The number of aryl methyl sites for hydroxylation is 2. The number of nitrogens with one attached hydrogen (secondary N) is 1. The summed E-state index contributed by atoms with van der Waals surface area (Å²) in [6.07, 6.45) is 0.194. The molecule has 1 aliphatic rings. The van der Waals surface area contributed by atoms with E-state index in [0.29, 0.717) is 17.0 Å². The van der Waals surface area contributed by atoms with E-state index in [1.54, 1.807) is 25.1 Å². The van der Waals surface area contributed by atoms with Gasteiger partial charge in [0.05, 0.1) is 22.8 Å². The maximum absolute atomic E-state index is 13.9.